The molecule has 0 radical (unpaired) electrons. The molecule has 0 amide bonds. The molecule has 0 atom stereocenters. The number of nitrogens with zero attached hydrogens (tertiary/aromatic N) is 2. The molecule has 16 heavy (non-hydrogen) atoms. The van der Waals surface area contributed by atoms with Crippen LogP contribution < -0.4 is 0 Å². The predicted octanol–water partition coefficient (Wildman–Crippen LogP) is 1.71. The average Bonchev–Trinajstić information content (AvgIpc) is 2.62. The summed E-state index contributed by atoms with van der Waals surface area (Å²) in [5.74, 6) is -0.196. The molecule has 0 fully saturated rings. The molecule has 0 saturated heterocycles. The Morgan fingerprint density at radius 1 is 1.38 bits per heavy atom. The summed E-state index contributed by atoms with van der Waals surface area (Å²) in [5, 5.41) is 8.88. The Kier molecular flexibility index (Phi) is 2.72. The van der Waals surface area contributed by atoms with Gasteiger partial charge in [0.25, 0.3) is 0 Å². The lowest BCUT2D eigenvalue weighted by Gasteiger charge is -2.03. The minimum atomic E-state index is -0.950. The van der Waals surface area contributed by atoms with E-state index in [1.165, 1.54) is 6.20 Å². The normalized spacial score (nSPS) is 10.3. The minimum Gasteiger partial charge on any atom is -0.477 e. The summed E-state index contributed by atoms with van der Waals surface area (Å²) < 4.78 is 1.61. The number of aromatic nitrogens is 2. The van der Waals surface area contributed by atoms with E-state index in [1.807, 2.05) is 30.3 Å². The number of aromatic carboxylic acids is 1. The largest absolute Gasteiger partial charge is 0.477 e. The molecule has 1 aromatic carbocycles. The zero-order valence-electron chi connectivity index (χ0n) is 8.92. The summed E-state index contributed by atoms with van der Waals surface area (Å²) in [6, 6.07) is 9.85. The smallest absolute Gasteiger partial charge is 0.354 e. The molecule has 0 saturated carbocycles. The van der Waals surface area contributed by atoms with Crippen LogP contribution in [0.3, 0.4) is 0 Å². The third-order valence-electron chi connectivity index (χ3n) is 2.51. The number of benzene rings is 1. The number of imidazole rings is 1. The number of carbonyl (C=O) groups is 1. The predicted molar refractivity (Wildman–Crippen MR) is 59.4 cm³/mol. The third kappa shape index (κ3) is 1.95. The van der Waals surface area contributed by atoms with Gasteiger partial charge in [0.05, 0.1) is 6.20 Å². The lowest BCUT2D eigenvalue weighted by molar-refractivity contribution is 0.0686. The van der Waals surface area contributed by atoms with Gasteiger partial charge in [0.15, 0.2) is 0 Å². The van der Waals surface area contributed by atoms with Crippen LogP contribution in [0.1, 0.15) is 21.9 Å². The Morgan fingerprint density at radius 2 is 2.06 bits per heavy atom. The van der Waals surface area contributed by atoms with Crippen molar-refractivity contribution in [1.82, 2.24) is 9.55 Å². The molecule has 4 heteroatoms. The van der Waals surface area contributed by atoms with Crippen molar-refractivity contribution in [3.63, 3.8) is 0 Å². The van der Waals surface area contributed by atoms with Crippen LogP contribution in [0.2, 0.25) is 0 Å². The van der Waals surface area contributed by atoms with Gasteiger partial charge in [-0.3, -0.25) is 0 Å². The second kappa shape index (κ2) is 4.18. The fourth-order valence-electron chi connectivity index (χ4n) is 1.59. The van der Waals surface area contributed by atoms with Gasteiger partial charge in [0.1, 0.15) is 11.5 Å². The average molecular weight is 216 g/mol. The number of carboxylic acids is 1. The van der Waals surface area contributed by atoms with Gasteiger partial charge >= 0.3 is 5.97 Å². The summed E-state index contributed by atoms with van der Waals surface area (Å²) >= 11 is 0. The molecule has 1 aromatic heterocycles. The van der Waals surface area contributed by atoms with Crippen LogP contribution in [0, 0.1) is 0 Å². The van der Waals surface area contributed by atoms with Crippen molar-refractivity contribution in [2.24, 2.45) is 7.05 Å². The molecule has 0 bridgehead atoms. The van der Waals surface area contributed by atoms with Gasteiger partial charge in [-0.1, -0.05) is 30.3 Å². The van der Waals surface area contributed by atoms with Crippen LogP contribution in [-0.2, 0) is 13.5 Å². The number of carboxylic acid groups (broad SMARTS) is 1. The highest BCUT2D eigenvalue weighted by Crippen LogP contribution is 2.09. The maximum atomic E-state index is 10.8. The fraction of sp³-hybridized carbons (Fsp3) is 0.167. The van der Waals surface area contributed by atoms with Crippen molar-refractivity contribution in [2.75, 3.05) is 0 Å². The van der Waals surface area contributed by atoms with Crippen LogP contribution in [0.4, 0.5) is 0 Å². The molecule has 82 valence electrons. The van der Waals surface area contributed by atoms with E-state index in [2.05, 4.69) is 4.98 Å². The first-order chi connectivity index (χ1) is 7.68. The number of hydrogen-bond donors (Lipinski definition) is 1. The number of hydrogen-bond acceptors (Lipinski definition) is 2. The molecule has 0 aliphatic heterocycles. The second-order valence-corrected chi connectivity index (χ2v) is 3.59. The molecule has 0 aliphatic rings. The standard InChI is InChI=1S/C12H12N2O2/c1-14-10(12(15)16)8-13-11(14)7-9-5-3-2-4-6-9/h2-6,8H,7H2,1H3,(H,15,16). The second-order valence-electron chi connectivity index (χ2n) is 3.59. The first kappa shape index (κ1) is 10.4. The summed E-state index contributed by atoms with van der Waals surface area (Å²) in [5.41, 5.74) is 1.33. The Balaban J connectivity index is 2.26. The van der Waals surface area contributed by atoms with E-state index in [4.69, 9.17) is 5.11 Å². The molecule has 0 unspecified atom stereocenters. The summed E-state index contributed by atoms with van der Waals surface area (Å²) in [6.07, 6.45) is 2.03. The van der Waals surface area contributed by atoms with Crippen LogP contribution >= 0.6 is 0 Å². The van der Waals surface area contributed by atoms with E-state index in [0.29, 0.717) is 6.42 Å². The van der Waals surface area contributed by atoms with Gasteiger partial charge < -0.3 is 9.67 Å². The van der Waals surface area contributed by atoms with E-state index < -0.39 is 5.97 Å². The van der Waals surface area contributed by atoms with Gasteiger partial charge in [-0.2, -0.15) is 0 Å². The molecule has 4 nitrogen and oxygen atoms in total. The van der Waals surface area contributed by atoms with Crippen molar-refractivity contribution in [3.8, 4) is 0 Å². The zero-order chi connectivity index (χ0) is 11.5. The van der Waals surface area contributed by atoms with Gasteiger partial charge in [0, 0.05) is 13.5 Å². The summed E-state index contributed by atoms with van der Waals surface area (Å²) in [6.45, 7) is 0. The first-order valence-electron chi connectivity index (χ1n) is 4.96. The monoisotopic (exact) mass is 216 g/mol. The van der Waals surface area contributed by atoms with Gasteiger partial charge in [0.2, 0.25) is 0 Å². The lowest BCUT2D eigenvalue weighted by atomic mass is 10.1. The van der Waals surface area contributed by atoms with Crippen LogP contribution in [0.5, 0.6) is 0 Å². The van der Waals surface area contributed by atoms with E-state index in [1.54, 1.807) is 11.6 Å². The molecular weight excluding hydrogens is 204 g/mol. The molecule has 1 N–H and O–H groups in total. The van der Waals surface area contributed by atoms with Crippen LogP contribution in [-0.4, -0.2) is 20.6 Å². The topological polar surface area (TPSA) is 55.1 Å². The lowest BCUT2D eigenvalue weighted by Crippen LogP contribution is -2.07. The van der Waals surface area contributed by atoms with Crippen molar-refractivity contribution in [1.29, 1.82) is 0 Å². The van der Waals surface area contributed by atoms with Gasteiger partial charge in [-0.05, 0) is 5.56 Å². The van der Waals surface area contributed by atoms with Crippen LogP contribution in [0.25, 0.3) is 0 Å². The van der Waals surface area contributed by atoms with Gasteiger partial charge in [-0.25, -0.2) is 9.78 Å². The number of rotatable bonds is 3. The van der Waals surface area contributed by atoms with Crippen molar-refractivity contribution in [2.45, 2.75) is 6.42 Å². The van der Waals surface area contributed by atoms with E-state index in [0.717, 1.165) is 11.4 Å². The molecule has 2 rings (SSSR count). The van der Waals surface area contributed by atoms with E-state index >= 15 is 0 Å². The fourth-order valence-corrected chi connectivity index (χ4v) is 1.59. The summed E-state index contributed by atoms with van der Waals surface area (Å²) in [7, 11) is 1.72. The van der Waals surface area contributed by atoms with E-state index in [9.17, 15) is 4.79 Å². The molecule has 1 heterocycles. The highest BCUT2D eigenvalue weighted by atomic mass is 16.4. The zero-order valence-corrected chi connectivity index (χ0v) is 8.92. The Morgan fingerprint density at radius 3 is 2.62 bits per heavy atom. The molecular formula is C12H12N2O2. The van der Waals surface area contributed by atoms with Gasteiger partial charge in [-0.15, -0.1) is 0 Å². The first-order valence-corrected chi connectivity index (χ1v) is 4.96. The maximum absolute atomic E-state index is 10.8. The maximum Gasteiger partial charge on any atom is 0.354 e. The molecule has 0 aliphatic carbocycles. The van der Waals surface area contributed by atoms with Crippen molar-refractivity contribution in [3.05, 3.63) is 53.6 Å². The minimum absolute atomic E-state index is 0.214. The quantitative estimate of drug-likeness (QED) is 0.849. The van der Waals surface area contributed by atoms with Crippen molar-refractivity contribution < 1.29 is 9.90 Å². The molecule has 2 aromatic rings. The Labute approximate surface area is 93.2 Å². The Hall–Kier alpha value is -2.10. The SMILES string of the molecule is Cn1c(C(=O)O)cnc1Cc1ccccc1. The Bertz CT molecular complexity index is 503. The van der Waals surface area contributed by atoms with Crippen LogP contribution in [0.15, 0.2) is 36.5 Å². The summed E-state index contributed by atoms with van der Waals surface area (Å²) in [4.78, 5) is 14.9. The van der Waals surface area contributed by atoms with Crippen molar-refractivity contribution >= 4 is 5.97 Å². The third-order valence-corrected chi connectivity index (χ3v) is 2.51. The molecule has 0 spiro atoms. The van der Waals surface area contributed by atoms with E-state index in [-0.39, 0.29) is 5.69 Å². The highest BCUT2D eigenvalue weighted by Gasteiger charge is 2.12. The highest BCUT2D eigenvalue weighted by molar-refractivity contribution is 5.85.